The van der Waals surface area contributed by atoms with Crippen molar-refractivity contribution in [2.75, 3.05) is 19.8 Å². The first kappa shape index (κ1) is 14.0. The van der Waals surface area contributed by atoms with Crippen LogP contribution in [0.1, 0.15) is 24.8 Å². The van der Waals surface area contributed by atoms with Gasteiger partial charge in [0.05, 0.1) is 25.7 Å². The van der Waals surface area contributed by atoms with Crippen LogP contribution in [-0.2, 0) is 16.1 Å². The molecule has 1 aliphatic heterocycles. The van der Waals surface area contributed by atoms with Gasteiger partial charge in [0.15, 0.2) is 0 Å². The number of rotatable bonds is 6. The molecule has 0 aliphatic carbocycles. The number of ether oxygens (including phenoxy) is 1. The van der Waals surface area contributed by atoms with E-state index >= 15 is 0 Å². The largest absolute Gasteiger partial charge is 0.379 e. The molecule has 1 aliphatic rings. The molecule has 0 aromatic carbocycles. The van der Waals surface area contributed by atoms with Crippen molar-refractivity contribution in [2.45, 2.75) is 32.9 Å². The van der Waals surface area contributed by atoms with Crippen molar-refractivity contribution in [3.63, 3.8) is 0 Å². The minimum absolute atomic E-state index is 0.00626. The van der Waals surface area contributed by atoms with Gasteiger partial charge in [-0.05, 0) is 19.9 Å². The summed E-state index contributed by atoms with van der Waals surface area (Å²) in [6, 6.07) is 1.93. The van der Waals surface area contributed by atoms with E-state index in [2.05, 4.69) is 22.7 Å². The number of amides is 1. The first-order valence-corrected chi connectivity index (χ1v) is 6.71. The fourth-order valence-electron chi connectivity index (χ4n) is 2.15. The van der Waals surface area contributed by atoms with Crippen molar-refractivity contribution in [1.29, 1.82) is 0 Å². The smallest absolute Gasteiger partial charge is 0.227 e. The topological polar surface area (TPSA) is 76.4 Å². The third kappa shape index (κ3) is 3.78. The van der Waals surface area contributed by atoms with E-state index in [1.165, 1.54) is 0 Å². The Morgan fingerprint density at radius 2 is 2.37 bits per heavy atom. The number of nitrogens with one attached hydrogen (secondary N) is 2. The van der Waals surface area contributed by atoms with Gasteiger partial charge < -0.3 is 19.9 Å². The van der Waals surface area contributed by atoms with Crippen molar-refractivity contribution < 1.29 is 14.1 Å². The highest BCUT2D eigenvalue weighted by Crippen LogP contribution is 2.14. The molecule has 2 atom stereocenters. The Morgan fingerprint density at radius 1 is 1.53 bits per heavy atom. The van der Waals surface area contributed by atoms with Gasteiger partial charge in [-0.2, -0.15) is 0 Å². The maximum Gasteiger partial charge on any atom is 0.227 e. The first-order chi connectivity index (χ1) is 9.20. The van der Waals surface area contributed by atoms with Gasteiger partial charge in [0, 0.05) is 12.1 Å². The average Bonchev–Trinajstić information content (AvgIpc) is 3.02. The number of aromatic nitrogens is 1. The van der Waals surface area contributed by atoms with Gasteiger partial charge in [-0.3, -0.25) is 4.79 Å². The highest BCUT2D eigenvalue weighted by atomic mass is 16.5. The molecule has 6 heteroatoms. The molecular formula is C13H21N3O3. The number of hydrogen-bond acceptors (Lipinski definition) is 5. The van der Waals surface area contributed by atoms with Gasteiger partial charge in [-0.1, -0.05) is 12.1 Å². The lowest BCUT2D eigenvalue weighted by molar-refractivity contribution is -0.125. The lowest BCUT2D eigenvalue weighted by atomic mass is 10.0. The Kier molecular flexibility index (Phi) is 4.93. The number of nitrogens with zero attached hydrogens (tertiary/aromatic N) is 1. The second kappa shape index (κ2) is 6.68. The zero-order valence-electron chi connectivity index (χ0n) is 11.4. The molecule has 6 nitrogen and oxygen atoms in total. The van der Waals surface area contributed by atoms with Crippen LogP contribution in [0.5, 0.6) is 0 Å². The van der Waals surface area contributed by atoms with Crippen LogP contribution in [0.4, 0.5) is 0 Å². The Labute approximate surface area is 112 Å². The third-order valence-corrected chi connectivity index (χ3v) is 3.19. The maximum absolute atomic E-state index is 12.1. The minimum atomic E-state index is -0.125. The summed E-state index contributed by atoms with van der Waals surface area (Å²) in [6.45, 7) is 6.30. The standard InChI is InChI=1S/C13H21N3O3/c1-3-4-14-12-8-18-7-11(12)13(17)15-6-10-5-9(2)19-16-10/h5,11-12,14H,3-4,6-8H2,1-2H3,(H,15,17). The molecule has 0 spiro atoms. The molecule has 19 heavy (non-hydrogen) atoms. The van der Waals surface area contributed by atoms with Gasteiger partial charge in [-0.15, -0.1) is 0 Å². The first-order valence-electron chi connectivity index (χ1n) is 6.71. The lowest BCUT2D eigenvalue weighted by Gasteiger charge is -2.17. The zero-order valence-corrected chi connectivity index (χ0v) is 11.4. The SMILES string of the molecule is CCCNC1COCC1C(=O)NCc1cc(C)on1. The van der Waals surface area contributed by atoms with E-state index < -0.39 is 0 Å². The average molecular weight is 267 g/mol. The van der Waals surface area contributed by atoms with Crippen LogP contribution in [-0.4, -0.2) is 36.9 Å². The maximum atomic E-state index is 12.1. The molecule has 2 N–H and O–H groups in total. The molecule has 1 aromatic heterocycles. The van der Waals surface area contributed by atoms with Crippen LogP contribution in [0.25, 0.3) is 0 Å². The second-order valence-electron chi connectivity index (χ2n) is 4.85. The normalized spacial score (nSPS) is 22.6. The number of hydrogen-bond donors (Lipinski definition) is 2. The summed E-state index contributed by atoms with van der Waals surface area (Å²) in [5, 5.41) is 10.1. The van der Waals surface area contributed by atoms with E-state index in [-0.39, 0.29) is 17.9 Å². The van der Waals surface area contributed by atoms with E-state index in [9.17, 15) is 4.79 Å². The summed E-state index contributed by atoms with van der Waals surface area (Å²) >= 11 is 0. The number of aryl methyl sites for hydroxylation is 1. The molecule has 2 unspecified atom stereocenters. The Bertz CT molecular complexity index is 419. The van der Waals surface area contributed by atoms with Crippen molar-refractivity contribution in [1.82, 2.24) is 15.8 Å². The summed E-state index contributed by atoms with van der Waals surface area (Å²) in [7, 11) is 0. The number of carbonyl (C=O) groups excluding carboxylic acids is 1. The summed E-state index contributed by atoms with van der Waals surface area (Å²) < 4.78 is 10.3. The monoisotopic (exact) mass is 267 g/mol. The zero-order chi connectivity index (χ0) is 13.7. The van der Waals surface area contributed by atoms with Crippen LogP contribution < -0.4 is 10.6 Å². The van der Waals surface area contributed by atoms with E-state index in [4.69, 9.17) is 9.26 Å². The van der Waals surface area contributed by atoms with Gasteiger partial charge in [0.2, 0.25) is 5.91 Å². The highest BCUT2D eigenvalue weighted by Gasteiger charge is 2.33. The van der Waals surface area contributed by atoms with Gasteiger partial charge in [0.1, 0.15) is 11.5 Å². The molecule has 1 amide bonds. The molecule has 1 aromatic rings. The van der Waals surface area contributed by atoms with Crippen LogP contribution in [0, 0.1) is 12.8 Å². The predicted molar refractivity (Wildman–Crippen MR) is 69.5 cm³/mol. The Hall–Kier alpha value is -1.40. The molecular weight excluding hydrogens is 246 g/mol. The lowest BCUT2D eigenvalue weighted by Crippen LogP contribution is -2.44. The van der Waals surface area contributed by atoms with Crippen molar-refractivity contribution in [2.24, 2.45) is 5.92 Å². The van der Waals surface area contributed by atoms with E-state index in [1.54, 1.807) is 0 Å². The van der Waals surface area contributed by atoms with Gasteiger partial charge in [-0.25, -0.2) is 0 Å². The van der Waals surface area contributed by atoms with Gasteiger partial charge in [0.25, 0.3) is 0 Å². The molecule has 2 rings (SSSR count). The molecule has 0 bridgehead atoms. The molecule has 1 saturated heterocycles. The molecule has 1 fully saturated rings. The summed E-state index contributed by atoms with van der Waals surface area (Å²) in [4.78, 5) is 12.1. The van der Waals surface area contributed by atoms with E-state index in [0.29, 0.717) is 19.8 Å². The van der Waals surface area contributed by atoms with Crippen LogP contribution in [0.15, 0.2) is 10.6 Å². The molecule has 0 radical (unpaired) electrons. The quantitative estimate of drug-likeness (QED) is 0.790. The van der Waals surface area contributed by atoms with Crippen molar-refractivity contribution >= 4 is 5.91 Å². The highest BCUT2D eigenvalue weighted by molar-refractivity contribution is 5.79. The molecule has 0 saturated carbocycles. The Morgan fingerprint density at radius 3 is 3.05 bits per heavy atom. The fraction of sp³-hybridized carbons (Fsp3) is 0.692. The minimum Gasteiger partial charge on any atom is -0.379 e. The predicted octanol–water partition coefficient (Wildman–Crippen LogP) is 0.614. The van der Waals surface area contributed by atoms with Crippen LogP contribution in [0.2, 0.25) is 0 Å². The number of carbonyl (C=O) groups is 1. The summed E-state index contributed by atoms with van der Waals surface area (Å²) in [5.74, 6) is 0.627. The van der Waals surface area contributed by atoms with E-state index in [1.807, 2.05) is 13.0 Å². The Balaban J connectivity index is 1.81. The van der Waals surface area contributed by atoms with Crippen LogP contribution in [0.3, 0.4) is 0 Å². The van der Waals surface area contributed by atoms with Crippen LogP contribution >= 0.6 is 0 Å². The summed E-state index contributed by atoms with van der Waals surface area (Å²) in [5.41, 5.74) is 0.739. The summed E-state index contributed by atoms with van der Waals surface area (Å²) in [6.07, 6.45) is 1.04. The van der Waals surface area contributed by atoms with Gasteiger partial charge >= 0.3 is 0 Å². The third-order valence-electron chi connectivity index (χ3n) is 3.19. The fourth-order valence-corrected chi connectivity index (χ4v) is 2.15. The molecule has 106 valence electrons. The van der Waals surface area contributed by atoms with Crippen molar-refractivity contribution in [3.05, 3.63) is 17.5 Å². The second-order valence-corrected chi connectivity index (χ2v) is 4.85. The van der Waals surface area contributed by atoms with E-state index in [0.717, 1.165) is 24.4 Å². The molecule has 2 heterocycles. The van der Waals surface area contributed by atoms with Crippen molar-refractivity contribution in [3.8, 4) is 0 Å².